The lowest BCUT2D eigenvalue weighted by Crippen LogP contribution is -2.08. The lowest BCUT2D eigenvalue weighted by atomic mass is 10.3. The summed E-state index contributed by atoms with van der Waals surface area (Å²) in [6.07, 6.45) is 0. The van der Waals surface area contributed by atoms with Gasteiger partial charge < -0.3 is 4.84 Å². The van der Waals surface area contributed by atoms with E-state index in [9.17, 15) is 0 Å². The van der Waals surface area contributed by atoms with E-state index in [-0.39, 0.29) is 5.25 Å². The van der Waals surface area contributed by atoms with E-state index in [1.54, 1.807) is 0 Å². The van der Waals surface area contributed by atoms with E-state index in [4.69, 9.17) is 10.1 Å². The van der Waals surface area contributed by atoms with Crippen LogP contribution in [0.25, 0.3) is 0 Å². The van der Waals surface area contributed by atoms with Gasteiger partial charge in [0.1, 0.15) is 12.0 Å². The van der Waals surface area contributed by atoms with Crippen molar-refractivity contribution in [2.45, 2.75) is 26.0 Å². The van der Waals surface area contributed by atoms with Crippen molar-refractivity contribution >= 4 is 17.5 Å². The molecule has 0 amide bonds. The Morgan fingerprint density at radius 2 is 2.45 bits per heavy atom. The van der Waals surface area contributed by atoms with Crippen molar-refractivity contribution in [2.75, 3.05) is 6.61 Å². The van der Waals surface area contributed by atoms with Gasteiger partial charge in [-0.1, -0.05) is 5.16 Å². The zero-order chi connectivity index (χ0) is 8.69. The number of thioether (sulfide) groups is 1. The van der Waals surface area contributed by atoms with Crippen molar-refractivity contribution < 1.29 is 4.84 Å². The Bertz CT molecular complexity index is 174. The van der Waals surface area contributed by atoms with Gasteiger partial charge in [-0.05, 0) is 32.5 Å². The van der Waals surface area contributed by atoms with Crippen LogP contribution in [0.2, 0.25) is 0 Å². The molecule has 0 unspecified atom stereocenters. The zero-order valence-corrected chi connectivity index (χ0v) is 7.81. The quantitative estimate of drug-likeness (QED) is 0.370. The minimum Gasteiger partial charge on any atom is -0.396 e. The van der Waals surface area contributed by atoms with E-state index in [1.165, 1.54) is 11.8 Å². The molecule has 0 aromatic carbocycles. The fourth-order valence-corrected chi connectivity index (χ4v) is 0.777. The molecule has 3 nitrogen and oxygen atoms in total. The minimum atomic E-state index is 0.117. The van der Waals surface area contributed by atoms with Crippen molar-refractivity contribution in [2.24, 2.45) is 5.16 Å². The monoisotopic (exact) mass is 172 g/mol. The number of oxime groups is 1. The van der Waals surface area contributed by atoms with E-state index < -0.39 is 0 Å². The standard InChI is InChI=1S/C7H12N2OS/c1-4-10-9-6(2)7(3)11-5-8/h7H,4H2,1-3H3/b9-6-/t7-/m0/s1. The lowest BCUT2D eigenvalue weighted by Gasteiger charge is -2.03. The number of rotatable bonds is 4. The predicted octanol–water partition coefficient (Wildman–Crippen LogP) is 2.00. The molecule has 0 aliphatic carbocycles. The maximum atomic E-state index is 8.33. The van der Waals surface area contributed by atoms with Crippen molar-refractivity contribution in [1.82, 2.24) is 0 Å². The van der Waals surface area contributed by atoms with Gasteiger partial charge in [-0.15, -0.1) is 0 Å². The van der Waals surface area contributed by atoms with E-state index in [0.717, 1.165) is 5.71 Å². The summed E-state index contributed by atoms with van der Waals surface area (Å²) in [5, 5.41) is 14.3. The molecule has 62 valence electrons. The summed E-state index contributed by atoms with van der Waals surface area (Å²) < 4.78 is 0. The second kappa shape index (κ2) is 6.05. The summed E-state index contributed by atoms with van der Waals surface area (Å²) in [5.41, 5.74) is 0.846. The topological polar surface area (TPSA) is 45.4 Å². The molecule has 11 heavy (non-hydrogen) atoms. The fourth-order valence-electron chi connectivity index (χ4n) is 0.405. The van der Waals surface area contributed by atoms with Gasteiger partial charge in [0.2, 0.25) is 0 Å². The normalized spacial score (nSPS) is 13.8. The second-order valence-corrected chi connectivity index (χ2v) is 3.13. The number of thiocyanates is 1. The molecule has 0 bridgehead atoms. The van der Waals surface area contributed by atoms with Crippen molar-refractivity contribution in [3.8, 4) is 5.40 Å². The first-order valence-corrected chi connectivity index (χ1v) is 4.31. The highest BCUT2D eigenvalue weighted by atomic mass is 32.2. The Balaban J connectivity index is 3.81. The number of nitriles is 1. The molecule has 0 aromatic heterocycles. The summed E-state index contributed by atoms with van der Waals surface area (Å²) in [6.45, 7) is 6.22. The van der Waals surface area contributed by atoms with Gasteiger partial charge in [0.25, 0.3) is 0 Å². The highest BCUT2D eigenvalue weighted by molar-refractivity contribution is 8.04. The smallest absolute Gasteiger partial charge is 0.134 e. The third kappa shape index (κ3) is 4.68. The van der Waals surface area contributed by atoms with Crippen molar-refractivity contribution in [3.05, 3.63) is 0 Å². The predicted molar refractivity (Wildman–Crippen MR) is 47.4 cm³/mol. The highest BCUT2D eigenvalue weighted by Crippen LogP contribution is 2.09. The lowest BCUT2D eigenvalue weighted by molar-refractivity contribution is 0.158. The molecule has 0 spiro atoms. The average Bonchev–Trinajstić information content (AvgIpc) is 2.00. The van der Waals surface area contributed by atoms with Crippen LogP contribution in [0.5, 0.6) is 0 Å². The van der Waals surface area contributed by atoms with Gasteiger partial charge in [-0.25, -0.2) is 0 Å². The Morgan fingerprint density at radius 3 is 2.91 bits per heavy atom. The van der Waals surface area contributed by atoms with Gasteiger partial charge in [0.05, 0.1) is 11.0 Å². The largest absolute Gasteiger partial charge is 0.396 e. The molecule has 0 aliphatic heterocycles. The third-order valence-electron chi connectivity index (χ3n) is 1.16. The molecule has 0 saturated heterocycles. The van der Waals surface area contributed by atoms with E-state index in [1.807, 2.05) is 26.2 Å². The van der Waals surface area contributed by atoms with Crippen LogP contribution in [-0.4, -0.2) is 17.6 Å². The van der Waals surface area contributed by atoms with Crippen LogP contribution in [0.4, 0.5) is 0 Å². The second-order valence-electron chi connectivity index (χ2n) is 2.00. The molecule has 0 heterocycles. The maximum absolute atomic E-state index is 8.33. The number of hydrogen-bond donors (Lipinski definition) is 0. The summed E-state index contributed by atoms with van der Waals surface area (Å²) in [7, 11) is 0. The summed E-state index contributed by atoms with van der Waals surface area (Å²) in [6, 6.07) is 0. The number of nitrogens with zero attached hydrogens (tertiary/aromatic N) is 2. The molecule has 4 heteroatoms. The Hall–Kier alpha value is -0.690. The van der Waals surface area contributed by atoms with E-state index in [2.05, 4.69) is 5.16 Å². The van der Waals surface area contributed by atoms with Crippen LogP contribution in [0.3, 0.4) is 0 Å². The van der Waals surface area contributed by atoms with Crippen molar-refractivity contribution in [3.63, 3.8) is 0 Å². The summed E-state index contributed by atoms with van der Waals surface area (Å²) in [4.78, 5) is 4.83. The minimum absolute atomic E-state index is 0.117. The molecule has 0 saturated carbocycles. The van der Waals surface area contributed by atoms with Gasteiger partial charge in [0, 0.05) is 0 Å². The Kier molecular flexibility index (Phi) is 5.67. The molecule has 1 atom stereocenters. The molecule has 0 N–H and O–H groups in total. The van der Waals surface area contributed by atoms with Crippen LogP contribution in [-0.2, 0) is 4.84 Å². The van der Waals surface area contributed by atoms with Crippen LogP contribution in [0.1, 0.15) is 20.8 Å². The fraction of sp³-hybridized carbons (Fsp3) is 0.714. The van der Waals surface area contributed by atoms with E-state index in [0.29, 0.717) is 6.61 Å². The first kappa shape index (κ1) is 10.3. The van der Waals surface area contributed by atoms with Crippen molar-refractivity contribution in [1.29, 1.82) is 5.26 Å². The van der Waals surface area contributed by atoms with Gasteiger partial charge in [-0.3, -0.25) is 0 Å². The molecule has 0 fully saturated rings. The summed E-state index contributed by atoms with van der Waals surface area (Å²) >= 11 is 1.18. The number of hydrogen-bond acceptors (Lipinski definition) is 4. The van der Waals surface area contributed by atoms with E-state index >= 15 is 0 Å². The Morgan fingerprint density at radius 1 is 1.82 bits per heavy atom. The maximum Gasteiger partial charge on any atom is 0.134 e. The molecular formula is C7H12N2OS. The first-order valence-electron chi connectivity index (χ1n) is 3.43. The van der Waals surface area contributed by atoms with Gasteiger partial charge in [-0.2, -0.15) is 5.26 Å². The highest BCUT2D eigenvalue weighted by Gasteiger charge is 2.05. The van der Waals surface area contributed by atoms with Crippen LogP contribution in [0, 0.1) is 10.7 Å². The van der Waals surface area contributed by atoms with Crippen LogP contribution in [0.15, 0.2) is 5.16 Å². The third-order valence-corrected chi connectivity index (χ3v) is 1.96. The molecule has 0 radical (unpaired) electrons. The first-order chi connectivity index (χ1) is 5.22. The molecular weight excluding hydrogens is 160 g/mol. The molecule has 0 rings (SSSR count). The summed E-state index contributed by atoms with van der Waals surface area (Å²) in [5.74, 6) is 0. The SMILES string of the molecule is CCO/N=C(/C)[C@H](C)SC#N. The average molecular weight is 172 g/mol. The Labute approximate surface area is 71.4 Å². The molecule has 0 aromatic rings. The molecule has 0 aliphatic rings. The van der Waals surface area contributed by atoms with Gasteiger partial charge >= 0.3 is 0 Å². The van der Waals surface area contributed by atoms with Crippen LogP contribution >= 0.6 is 11.8 Å². The zero-order valence-electron chi connectivity index (χ0n) is 7.00. The van der Waals surface area contributed by atoms with Gasteiger partial charge in [0.15, 0.2) is 0 Å². The van der Waals surface area contributed by atoms with Crippen LogP contribution < -0.4 is 0 Å².